The maximum atomic E-state index is 11.7. The number of carbonyl (C=O) groups excluding carboxylic acids is 1. The van der Waals surface area contributed by atoms with Crippen LogP contribution in [0.1, 0.15) is 52.9 Å². The highest BCUT2D eigenvalue weighted by Gasteiger charge is 2.24. The normalized spacial score (nSPS) is 23.9. The van der Waals surface area contributed by atoms with Gasteiger partial charge >= 0.3 is 6.09 Å². The van der Waals surface area contributed by atoms with Crippen LogP contribution in [0.15, 0.2) is 0 Å². The van der Waals surface area contributed by atoms with E-state index < -0.39 is 11.7 Å². The van der Waals surface area contributed by atoms with Crippen molar-refractivity contribution in [3.63, 3.8) is 0 Å². The van der Waals surface area contributed by atoms with Gasteiger partial charge in [-0.2, -0.15) is 0 Å². The number of methoxy groups -OCH3 is 1. The number of hydrogen-bond acceptors (Lipinski definition) is 5. The summed E-state index contributed by atoms with van der Waals surface area (Å²) in [6.07, 6.45) is 3.94. The topological polar surface area (TPSA) is 79.8 Å². The third kappa shape index (κ3) is 8.56. The molecule has 1 aliphatic rings. The van der Waals surface area contributed by atoms with Crippen molar-refractivity contribution in [1.82, 2.24) is 10.6 Å². The Morgan fingerprint density at radius 2 is 1.82 bits per heavy atom. The van der Waals surface area contributed by atoms with Crippen LogP contribution in [-0.2, 0) is 9.47 Å². The summed E-state index contributed by atoms with van der Waals surface area (Å²) in [5, 5.41) is 16.0. The first kappa shape index (κ1) is 19.2. The largest absolute Gasteiger partial charge is 0.444 e. The summed E-state index contributed by atoms with van der Waals surface area (Å²) < 4.78 is 10.2. The monoisotopic (exact) mass is 316 g/mol. The van der Waals surface area contributed by atoms with Gasteiger partial charge in [-0.3, -0.25) is 0 Å². The molecular weight excluding hydrogens is 284 g/mol. The van der Waals surface area contributed by atoms with Crippen LogP contribution in [-0.4, -0.2) is 55.2 Å². The van der Waals surface area contributed by atoms with Crippen LogP contribution in [0.3, 0.4) is 0 Å². The first-order chi connectivity index (χ1) is 10.3. The van der Waals surface area contributed by atoms with Gasteiger partial charge in [-0.05, 0) is 59.4 Å². The van der Waals surface area contributed by atoms with Gasteiger partial charge in [-0.1, -0.05) is 0 Å². The van der Waals surface area contributed by atoms with Crippen molar-refractivity contribution < 1.29 is 19.4 Å². The average Bonchev–Trinajstić information content (AvgIpc) is 2.39. The molecule has 3 N–H and O–H groups in total. The van der Waals surface area contributed by atoms with Gasteiger partial charge in [0.25, 0.3) is 0 Å². The molecule has 0 bridgehead atoms. The quantitative estimate of drug-likeness (QED) is 0.667. The molecule has 0 heterocycles. The summed E-state index contributed by atoms with van der Waals surface area (Å²) in [5.74, 6) is 0. The molecule has 0 aromatic rings. The van der Waals surface area contributed by atoms with E-state index >= 15 is 0 Å². The second kappa shape index (κ2) is 9.33. The lowest BCUT2D eigenvalue weighted by molar-refractivity contribution is 0.0486. The molecule has 0 radical (unpaired) electrons. The Hall–Kier alpha value is -0.850. The molecular formula is C16H32N2O4. The SMILES string of the molecule is COCC(O)CCNC1CCC(NC(=O)OC(C)(C)C)CC1. The van der Waals surface area contributed by atoms with E-state index in [0.717, 1.165) is 32.2 Å². The van der Waals surface area contributed by atoms with Crippen LogP contribution >= 0.6 is 0 Å². The molecule has 0 spiro atoms. The number of carbonyl (C=O) groups is 1. The zero-order valence-electron chi connectivity index (χ0n) is 14.4. The highest BCUT2D eigenvalue weighted by Crippen LogP contribution is 2.19. The van der Waals surface area contributed by atoms with Gasteiger partial charge in [0.1, 0.15) is 5.60 Å². The van der Waals surface area contributed by atoms with E-state index in [4.69, 9.17) is 9.47 Å². The fourth-order valence-corrected chi connectivity index (χ4v) is 2.65. The maximum Gasteiger partial charge on any atom is 0.407 e. The Balaban J connectivity index is 2.14. The molecule has 1 atom stereocenters. The molecule has 0 aliphatic heterocycles. The molecule has 22 heavy (non-hydrogen) atoms. The minimum Gasteiger partial charge on any atom is -0.444 e. The predicted octanol–water partition coefficient (Wildman–Crippen LogP) is 1.81. The number of alkyl carbamates (subject to hydrolysis) is 1. The Labute approximate surface area is 133 Å². The van der Waals surface area contributed by atoms with Gasteiger partial charge in [0.05, 0.1) is 12.7 Å². The van der Waals surface area contributed by atoms with Crippen molar-refractivity contribution >= 4 is 6.09 Å². The van der Waals surface area contributed by atoms with Gasteiger partial charge in [0.15, 0.2) is 0 Å². The van der Waals surface area contributed by atoms with Crippen LogP contribution in [0.25, 0.3) is 0 Å². The van der Waals surface area contributed by atoms with Crippen LogP contribution < -0.4 is 10.6 Å². The predicted molar refractivity (Wildman–Crippen MR) is 85.9 cm³/mol. The molecule has 0 saturated heterocycles. The van der Waals surface area contributed by atoms with Gasteiger partial charge in [0.2, 0.25) is 0 Å². The van der Waals surface area contributed by atoms with E-state index in [0.29, 0.717) is 19.1 Å². The van der Waals surface area contributed by atoms with Crippen molar-refractivity contribution in [2.24, 2.45) is 0 Å². The molecule has 1 aliphatic carbocycles. The summed E-state index contributed by atoms with van der Waals surface area (Å²) in [5.41, 5.74) is -0.453. The van der Waals surface area contributed by atoms with Gasteiger partial charge in [-0.15, -0.1) is 0 Å². The van der Waals surface area contributed by atoms with Gasteiger partial charge in [-0.25, -0.2) is 4.79 Å². The Morgan fingerprint density at radius 1 is 1.23 bits per heavy atom. The standard InChI is InChI=1S/C16H32N2O4/c1-16(2,3)22-15(20)18-13-7-5-12(6-8-13)17-10-9-14(19)11-21-4/h12-14,17,19H,5-11H2,1-4H3,(H,18,20). The minimum atomic E-state index is -0.453. The van der Waals surface area contributed by atoms with E-state index in [-0.39, 0.29) is 12.1 Å². The minimum absolute atomic E-state index is 0.201. The fourth-order valence-electron chi connectivity index (χ4n) is 2.65. The van der Waals surface area contributed by atoms with Gasteiger partial charge < -0.3 is 25.2 Å². The number of nitrogens with one attached hydrogen (secondary N) is 2. The molecule has 1 rings (SSSR count). The highest BCUT2D eigenvalue weighted by atomic mass is 16.6. The van der Waals surface area contributed by atoms with E-state index in [9.17, 15) is 9.90 Å². The summed E-state index contributed by atoms with van der Waals surface area (Å²) in [6.45, 7) is 6.77. The van der Waals surface area contributed by atoms with Crippen LogP contribution in [0.2, 0.25) is 0 Å². The first-order valence-electron chi connectivity index (χ1n) is 8.20. The third-order valence-electron chi connectivity index (χ3n) is 3.72. The molecule has 1 unspecified atom stereocenters. The number of aliphatic hydroxyl groups excluding tert-OH is 1. The lowest BCUT2D eigenvalue weighted by atomic mass is 9.91. The first-order valence-corrected chi connectivity index (χ1v) is 8.20. The molecule has 6 heteroatoms. The number of aliphatic hydroxyl groups is 1. The molecule has 0 aromatic carbocycles. The van der Waals surface area contributed by atoms with Crippen molar-refractivity contribution in [3.05, 3.63) is 0 Å². The second-order valence-corrected chi connectivity index (χ2v) is 7.05. The smallest absolute Gasteiger partial charge is 0.407 e. The lowest BCUT2D eigenvalue weighted by Crippen LogP contribution is -2.44. The van der Waals surface area contributed by atoms with Crippen molar-refractivity contribution in [2.75, 3.05) is 20.3 Å². The zero-order chi connectivity index (χ0) is 16.6. The van der Waals surface area contributed by atoms with E-state index in [1.165, 1.54) is 0 Å². The second-order valence-electron chi connectivity index (χ2n) is 7.05. The summed E-state index contributed by atoms with van der Waals surface area (Å²) in [6, 6.07) is 0.665. The number of hydrogen-bond donors (Lipinski definition) is 3. The maximum absolute atomic E-state index is 11.7. The number of ether oxygens (including phenoxy) is 2. The van der Waals surface area contributed by atoms with E-state index in [1.807, 2.05) is 20.8 Å². The molecule has 1 amide bonds. The molecule has 1 saturated carbocycles. The fraction of sp³-hybridized carbons (Fsp3) is 0.938. The average molecular weight is 316 g/mol. The summed E-state index contributed by atoms with van der Waals surface area (Å²) in [7, 11) is 1.59. The lowest BCUT2D eigenvalue weighted by Gasteiger charge is -2.30. The van der Waals surface area contributed by atoms with Crippen LogP contribution in [0, 0.1) is 0 Å². The van der Waals surface area contributed by atoms with Crippen molar-refractivity contribution in [1.29, 1.82) is 0 Å². The zero-order valence-corrected chi connectivity index (χ0v) is 14.4. The molecule has 6 nitrogen and oxygen atoms in total. The van der Waals surface area contributed by atoms with Crippen molar-refractivity contribution in [2.45, 2.75) is 76.7 Å². The van der Waals surface area contributed by atoms with E-state index in [2.05, 4.69) is 10.6 Å². The van der Waals surface area contributed by atoms with Crippen molar-refractivity contribution in [3.8, 4) is 0 Å². The summed E-state index contributed by atoms with van der Waals surface area (Å²) in [4.78, 5) is 11.7. The molecule has 130 valence electrons. The number of rotatable bonds is 7. The Kier molecular flexibility index (Phi) is 8.14. The molecule has 1 fully saturated rings. The van der Waals surface area contributed by atoms with E-state index in [1.54, 1.807) is 7.11 Å². The number of amides is 1. The highest BCUT2D eigenvalue weighted by molar-refractivity contribution is 5.68. The Bertz CT molecular complexity index is 323. The third-order valence-corrected chi connectivity index (χ3v) is 3.72. The Morgan fingerprint density at radius 3 is 2.36 bits per heavy atom. The van der Waals surface area contributed by atoms with Crippen LogP contribution in [0.5, 0.6) is 0 Å². The summed E-state index contributed by atoms with van der Waals surface area (Å²) >= 11 is 0. The van der Waals surface area contributed by atoms with Crippen LogP contribution in [0.4, 0.5) is 4.79 Å². The van der Waals surface area contributed by atoms with Gasteiger partial charge in [0, 0.05) is 19.2 Å². The molecule has 0 aromatic heterocycles.